The first-order valence-corrected chi connectivity index (χ1v) is 10.4. The number of nitrogens with zero attached hydrogens (tertiary/aromatic N) is 3. The van der Waals surface area contributed by atoms with Gasteiger partial charge in [-0.25, -0.2) is 0 Å². The fraction of sp³-hybridized carbons (Fsp3) is 0.727. The highest BCUT2D eigenvalue weighted by molar-refractivity contribution is 5.23. The normalized spacial score (nSPS) is 26.0. The molecule has 1 aromatic carbocycles. The Morgan fingerprint density at radius 3 is 2.15 bits per heavy atom. The van der Waals surface area contributed by atoms with Crippen molar-refractivity contribution in [2.45, 2.75) is 26.8 Å². The maximum atomic E-state index is 9.86. The summed E-state index contributed by atoms with van der Waals surface area (Å²) in [6.45, 7) is 13.8. The summed E-state index contributed by atoms with van der Waals surface area (Å²) in [6.07, 6.45) is 1.16. The van der Waals surface area contributed by atoms with Crippen LogP contribution in [-0.4, -0.2) is 79.3 Å². The largest absolute Gasteiger partial charge is 0.396 e. The standard InChI is InChI=1S/C22H37N3O/c1-18(2)12-19-4-6-20(7-5-19)13-25-15-21(22(16-25)17-26)14-24-10-8-23(3)9-11-24/h4-7,18,21-22,26H,8-17H2,1-3H3/t21-,22-/m1/s1. The lowest BCUT2D eigenvalue weighted by Crippen LogP contribution is -2.47. The number of piperazine rings is 1. The molecule has 2 fully saturated rings. The van der Waals surface area contributed by atoms with Crippen molar-refractivity contribution in [1.29, 1.82) is 0 Å². The van der Waals surface area contributed by atoms with Crippen LogP contribution in [-0.2, 0) is 13.0 Å². The predicted molar refractivity (Wildman–Crippen MR) is 108 cm³/mol. The van der Waals surface area contributed by atoms with Gasteiger partial charge >= 0.3 is 0 Å². The molecule has 2 aliphatic heterocycles. The van der Waals surface area contributed by atoms with E-state index in [0.717, 1.165) is 32.6 Å². The summed E-state index contributed by atoms with van der Waals surface area (Å²) < 4.78 is 0. The van der Waals surface area contributed by atoms with Crippen molar-refractivity contribution in [2.24, 2.45) is 17.8 Å². The summed E-state index contributed by atoms with van der Waals surface area (Å²) >= 11 is 0. The van der Waals surface area contributed by atoms with Crippen LogP contribution in [0.3, 0.4) is 0 Å². The molecule has 0 bridgehead atoms. The first kappa shape index (κ1) is 19.8. The second kappa shape index (κ2) is 9.32. The Balaban J connectivity index is 1.51. The third-order valence-electron chi connectivity index (χ3n) is 6.05. The highest BCUT2D eigenvalue weighted by Crippen LogP contribution is 2.26. The summed E-state index contributed by atoms with van der Waals surface area (Å²) in [5.41, 5.74) is 2.83. The molecule has 3 rings (SSSR count). The highest BCUT2D eigenvalue weighted by Gasteiger charge is 2.33. The quantitative estimate of drug-likeness (QED) is 0.808. The Morgan fingerprint density at radius 1 is 0.923 bits per heavy atom. The lowest BCUT2D eigenvalue weighted by Gasteiger charge is -2.34. The smallest absolute Gasteiger partial charge is 0.0475 e. The van der Waals surface area contributed by atoms with Crippen molar-refractivity contribution in [3.63, 3.8) is 0 Å². The van der Waals surface area contributed by atoms with Crippen LogP contribution in [0.4, 0.5) is 0 Å². The summed E-state index contributed by atoms with van der Waals surface area (Å²) in [6, 6.07) is 9.16. The molecule has 0 saturated carbocycles. The fourth-order valence-electron chi connectivity index (χ4n) is 4.45. The van der Waals surface area contributed by atoms with Gasteiger partial charge in [0.1, 0.15) is 0 Å². The van der Waals surface area contributed by atoms with Crippen LogP contribution in [0.25, 0.3) is 0 Å². The molecule has 0 amide bonds. The van der Waals surface area contributed by atoms with Crippen molar-refractivity contribution in [1.82, 2.24) is 14.7 Å². The zero-order valence-corrected chi connectivity index (χ0v) is 16.9. The van der Waals surface area contributed by atoms with Crippen LogP contribution in [0.5, 0.6) is 0 Å². The van der Waals surface area contributed by atoms with E-state index in [1.54, 1.807) is 0 Å². The Hall–Kier alpha value is -0.940. The number of benzene rings is 1. The van der Waals surface area contributed by atoms with Crippen LogP contribution in [0.2, 0.25) is 0 Å². The van der Waals surface area contributed by atoms with Crippen molar-refractivity contribution in [3.8, 4) is 0 Å². The van der Waals surface area contributed by atoms with E-state index in [0.29, 0.717) is 24.4 Å². The molecule has 2 aliphatic rings. The maximum Gasteiger partial charge on any atom is 0.0475 e. The van der Waals surface area contributed by atoms with Gasteiger partial charge in [0.25, 0.3) is 0 Å². The second-order valence-corrected chi connectivity index (χ2v) is 8.92. The molecule has 4 nitrogen and oxygen atoms in total. The first-order valence-electron chi connectivity index (χ1n) is 10.4. The maximum absolute atomic E-state index is 9.86. The van der Waals surface area contributed by atoms with E-state index >= 15 is 0 Å². The molecule has 0 aliphatic carbocycles. The molecule has 0 unspecified atom stereocenters. The number of hydrogen-bond donors (Lipinski definition) is 1. The summed E-state index contributed by atoms with van der Waals surface area (Å²) in [5.74, 6) is 1.73. The number of likely N-dealkylation sites (N-methyl/N-ethyl adjacent to an activating group) is 1. The monoisotopic (exact) mass is 359 g/mol. The van der Waals surface area contributed by atoms with Gasteiger partial charge in [-0.15, -0.1) is 0 Å². The van der Waals surface area contributed by atoms with E-state index in [4.69, 9.17) is 0 Å². The van der Waals surface area contributed by atoms with E-state index in [1.165, 1.54) is 37.3 Å². The molecule has 1 aromatic rings. The van der Waals surface area contributed by atoms with Gasteiger partial charge in [0.15, 0.2) is 0 Å². The SMILES string of the molecule is CC(C)Cc1ccc(CN2C[C@@H](CN3CCN(C)CC3)[C@@H](CO)C2)cc1. The fourth-order valence-corrected chi connectivity index (χ4v) is 4.45. The van der Waals surface area contributed by atoms with Crippen molar-refractivity contribution < 1.29 is 5.11 Å². The molecule has 146 valence electrons. The average molecular weight is 360 g/mol. The van der Waals surface area contributed by atoms with Gasteiger partial charge < -0.3 is 14.9 Å². The van der Waals surface area contributed by atoms with Gasteiger partial charge in [-0.1, -0.05) is 38.1 Å². The Kier molecular flexibility index (Phi) is 7.10. The van der Waals surface area contributed by atoms with Gasteiger partial charge in [0, 0.05) is 59.0 Å². The van der Waals surface area contributed by atoms with E-state index in [2.05, 4.69) is 59.9 Å². The Labute approximate surface area is 159 Å². The van der Waals surface area contributed by atoms with Crippen molar-refractivity contribution >= 4 is 0 Å². The van der Waals surface area contributed by atoms with E-state index < -0.39 is 0 Å². The van der Waals surface area contributed by atoms with Gasteiger partial charge in [-0.3, -0.25) is 4.90 Å². The summed E-state index contributed by atoms with van der Waals surface area (Å²) in [4.78, 5) is 7.54. The van der Waals surface area contributed by atoms with Crippen molar-refractivity contribution in [2.75, 3.05) is 59.5 Å². The Bertz CT molecular complexity index is 537. The lowest BCUT2D eigenvalue weighted by molar-refractivity contribution is 0.116. The molecule has 2 heterocycles. The molecule has 0 radical (unpaired) electrons. The molecular formula is C22H37N3O. The Morgan fingerprint density at radius 2 is 1.54 bits per heavy atom. The van der Waals surface area contributed by atoms with E-state index in [-0.39, 0.29) is 0 Å². The minimum atomic E-state index is 0.322. The summed E-state index contributed by atoms with van der Waals surface area (Å²) in [5, 5.41) is 9.86. The second-order valence-electron chi connectivity index (χ2n) is 8.92. The molecule has 4 heteroatoms. The van der Waals surface area contributed by atoms with Gasteiger partial charge in [-0.05, 0) is 42.3 Å². The predicted octanol–water partition coefficient (Wildman–Crippen LogP) is 2.17. The van der Waals surface area contributed by atoms with E-state index in [1.807, 2.05) is 0 Å². The minimum Gasteiger partial charge on any atom is -0.396 e. The van der Waals surface area contributed by atoms with Crippen LogP contribution in [0.15, 0.2) is 24.3 Å². The molecular weight excluding hydrogens is 322 g/mol. The molecule has 2 saturated heterocycles. The zero-order chi connectivity index (χ0) is 18.5. The topological polar surface area (TPSA) is 30.0 Å². The van der Waals surface area contributed by atoms with Crippen LogP contribution in [0, 0.1) is 17.8 Å². The number of hydrogen-bond acceptors (Lipinski definition) is 4. The van der Waals surface area contributed by atoms with Crippen LogP contribution in [0.1, 0.15) is 25.0 Å². The van der Waals surface area contributed by atoms with Gasteiger partial charge in [0.05, 0.1) is 0 Å². The highest BCUT2D eigenvalue weighted by atomic mass is 16.3. The molecule has 2 atom stereocenters. The summed E-state index contributed by atoms with van der Waals surface area (Å²) in [7, 11) is 2.21. The molecule has 26 heavy (non-hydrogen) atoms. The average Bonchev–Trinajstić information content (AvgIpc) is 2.99. The molecule has 1 N–H and O–H groups in total. The zero-order valence-electron chi connectivity index (χ0n) is 16.9. The number of aliphatic hydroxyl groups is 1. The van der Waals surface area contributed by atoms with E-state index in [9.17, 15) is 5.11 Å². The number of aliphatic hydroxyl groups excluding tert-OH is 1. The van der Waals surface area contributed by atoms with Crippen molar-refractivity contribution in [3.05, 3.63) is 35.4 Å². The molecule has 0 aromatic heterocycles. The van der Waals surface area contributed by atoms with Crippen LogP contribution < -0.4 is 0 Å². The van der Waals surface area contributed by atoms with Gasteiger partial charge in [-0.2, -0.15) is 0 Å². The first-order chi connectivity index (χ1) is 12.5. The van der Waals surface area contributed by atoms with Gasteiger partial charge in [0.2, 0.25) is 0 Å². The number of likely N-dealkylation sites (tertiary alicyclic amines) is 1. The minimum absolute atomic E-state index is 0.322. The molecule has 0 spiro atoms. The lowest BCUT2D eigenvalue weighted by atomic mass is 9.96. The van der Waals surface area contributed by atoms with Crippen LogP contribution >= 0.6 is 0 Å². The third-order valence-corrected chi connectivity index (χ3v) is 6.05. The number of rotatable bonds is 7. The third kappa shape index (κ3) is 5.53.